The third-order valence-electron chi connectivity index (χ3n) is 7.73. The number of nitrogens with two attached hydrogens (primary N) is 2. The third kappa shape index (κ3) is 3.34. The van der Waals surface area contributed by atoms with Gasteiger partial charge < -0.3 is 31.9 Å². The molecule has 196 valence electrons. The molecule has 3 atom stereocenters. The van der Waals surface area contributed by atoms with Gasteiger partial charge in [-0.2, -0.15) is 0 Å². The first-order valence-corrected chi connectivity index (χ1v) is 11.7. The second-order valence-electron chi connectivity index (χ2n) is 9.70. The van der Waals surface area contributed by atoms with Crippen molar-refractivity contribution in [2.75, 3.05) is 0 Å². The Kier molecular flexibility index (Phi) is 5.62. The van der Waals surface area contributed by atoms with E-state index >= 15 is 0 Å². The number of nitrogens with zero attached hydrogens (tertiary/aromatic N) is 1. The van der Waals surface area contributed by atoms with Crippen LogP contribution in [0.4, 0.5) is 5.69 Å². The van der Waals surface area contributed by atoms with Gasteiger partial charge in [-0.15, -0.1) is 0 Å². The maximum Gasteiger partial charge on any atom is 0.270 e. The molecule has 0 spiro atoms. The van der Waals surface area contributed by atoms with Crippen molar-refractivity contribution >= 4 is 28.9 Å². The van der Waals surface area contributed by atoms with Crippen LogP contribution in [0.3, 0.4) is 0 Å². The first-order chi connectivity index (χ1) is 17.9. The van der Waals surface area contributed by atoms with Crippen molar-refractivity contribution in [1.82, 2.24) is 0 Å². The minimum absolute atomic E-state index is 0.0311. The number of phenols is 1. The van der Waals surface area contributed by atoms with E-state index in [1.54, 1.807) is 12.1 Å². The summed E-state index contributed by atoms with van der Waals surface area (Å²) < 4.78 is 0. The van der Waals surface area contributed by atoms with Crippen LogP contribution in [0, 0.1) is 22.0 Å². The van der Waals surface area contributed by atoms with Crippen LogP contribution in [0.5, 0.6) is 5.75 Å². The summed E-state index contributed by atoms with van der Waals surface area (Å²) >= 11 is 0. The summed E-state index contributed by atoms with van der Waals surface area (Å²) in [7, 11) is 0. The Labute approximate surface area is 214 Å². The molecular weight excluding hydrogens is 498 g/mol. The van der Waals surface area contributed by atoms with Gasteiger partial charge in [-0.3, -0.25) is 24.5 Å². The number of benzene rings is 2. The number of hydrogen-bond acceptors (Lipinski definition) is 10. The molecule has 0 aliphatic heterocycles. The maximum atomic E-state index is 13.7. The number of carbonyl (C=O) groups is 3. The fraction of sp³-hybridized carbons (Fsp3) is 0.269. The summed E-state index contributed by atoms with van der Waals surface area (Å²) in [5, 5.41) is 55.7. The van der Waals surface area contributed by atoms with Crippen molar-refractivity contribution in [3.05, 3.63) is 74.0 Å². The molecular formula is C26H23N3O9. The van der Waals surface area contributed by atoms with Gasteiger partial charge in [0.1, 0.15) is 22.8 Å². The lowest BCUT2D eigenvalue weighted by Crippen LogP contribution is -2.58. The fourth-order valence-corrected chi connectivity index (χ4v) is 5.94. The molecule has 0 heterocycles. The normalized spacial score (nSPS) is 24.6. The molecule has 0 unspecified atom stereocenters. The highest BCUT2D eigenvalue weighted by Gasteiger charge is 2.60. The van der Waals surface area contributed by atoms with Crippen LogP contribution >= 0.6 is 0 Å². The fourth-order valence-electron chi connectivity index (χ4n) is 5.94. The van der Waals surface area contributed by atoms with Crippen molar-refractivity contribution in [1.29, 1.82) is 0 Å². The van der Waals surface area contributed by atoms with E-state index in [2.05, 4.69) is 0 Å². The highest BCUT2D eigenvalue weighted by Crippen LogP contribution is 2.53. The molecule has 0 aromatic heterocycles. The minimum Gasteiger partial charge on any atom is -0.508 e. The van der Waals surface area contributed by atoms with Crippen molar-refractivity contribution in [3.63, 3.8) is 0 Å². The number of hydrogen-bond donors (Lipinski definition) is 6. The van der Waals surface area contributed by atoms with E-state index in [4.69, 9.17) is 11.5 Å². The first-order valence-electron chi connectivity index (χ1n) is 11.7. The van der Waals surface area contributed by atoms with Crippen LogP contribution in [0.1, 0.15) is 29.5 Å². The Morgan fingerprint density at radius 1 is 1.16 bits per heavy atom. The number of phenolic OH excluding ortho intramolecular Hbond substituents is 1. The van der Waals surface area contributed by atoms with Crippen molar-refractivity contribution in [2.24, 2.45) is 23.3 Å². The zero-order valence-corrected chi connectivity index (χ0v) is 19.8. The Hall–Kier alpha value is -4.55. The molecule has 2 aromatic carbocycles. The van der Waals surface area contributed by atoms with Crippen LogP contribution in [-0.4, -0.2) is 48.4 Å². The van der Waals surface area contributed by atoms with Gasteiger partial charge in [0.25, 0.3) is 11.6 Å². The number of ketones is 2. The zero-order chi connectivity index (χ0) is 27.7. The number of aliphatic hydroxyl groups excluding tert-OH is 2. The Balaban J connectivity index is 1.75. The standard InChI is InChI=1S/C26H23N3O9/c27-9-12-7-15(10-2-1-3-14(5-10)29(37)38)16-6-11-4-13-8-17(30)20(25(28)35)24(34)26(13,36)23(33)18(11)22(32)19(16)21(12)31/h1-3,5,7,11,13,31-32,34,36H,4,6,8-9,27H2,(H2,28,35)/t11-,13+,26+/m1/s1. The predicted molar refractivity (Wildman–Crippen MR) is 131 cm³/mol. The number of aliphatic hydroxyl groups is 3. The number of Topliss-reactive ketones (excluding diaryl/α,β-unsaturated/α-hetero) is 2. The molecule has 0 bridgehead atoms. The van der Waals surface area contributed by atoms with Gasteiger partial charge in [0.2, 0.25) is 5.78 Å². The number of rotatable bonds is 4. The van der Waals surface area contributed by atoms with Crippen molar-refractivity contribution < 1.29 is 39.7 Å². The lowest BCUT2D eigenvalue weighted by Gasteiger charge is -2.46. The molecule has 3 aliphatic carbocycles. The molecule has 2 aromatic rings. The lowest BCUT2D eigenvalue weighted by atomic mass is 9.59. The first kappa shape index (κ1) is 25.1. The van der Waals surface area contributed by atoms with Gasteiger partial charge in [0.05, 0.1) is 10.5 Å². The summed E-state index contributed by atoms with van der Waals surface area (Å²) in [5.41, 5.74) is 8.34. The smallest absolute Gasteiger partial charge is 0.270 e. The number of carbonyl (C=O) groups excluding carboxylic acids is 3. The van der Waals surface area contributed by atoms with E-state index in [9.17, 15) is 44.9 Å². The van der Waals surface area contributed by atoms with E-state index in [0.29, 0.717) is 16.7 Å². The van der Waals surface area contributed by atoms with E-state index < -0.39 is 69.1 Å². The third-order valence-corrected chi connectivity index (χ3v) is 7.73. The van der Waals surface area contributed by atoms with Crippen LogP contribution < -0.4 is 11.5 Å². The van der Waals surface area contributed by atoms with E-state index in [1.165, 1.54) is 18.2 Å². The molecule has 38 heavy (non-hydrogen) atoms. The molecule has 1 fully saturated rings. The summed E-state index contributed by atoms with van der Waals surface area (Å²) in [6, 6.07) is 7.32. The molecule has 1 amide bonds. The number of aromatic hydroxyl groups is 1. The molecule has 3 aliphatic rings. The second-order valence-corrected chi connectivity index (χ2v) is 9.70. The van der Waals surface area contributed by atoms with Crippen LogP contribution in [0.2, 0.25) is 0 Å². The molecule has 5 rings (SSSR count). The van der Waals surface area contributed by atoms with E-state index in [0.717, 1.165) is 0 Å². The summed E-state index contributed by atoms with van der Waals surface area (Å²) in [5.74, 6) is -7.28. The SMILES string of the molecule is NCc1cc(-c2cccc([N+](=O)[O-])c2)c2c(c1O)C(O)=C1C(=O)[C@]3(O)C(O)=C(C(N)=O)C(=O)C[C@@H]3C[C@@H]1C2. The maximum absolute atomic E-state index is 13.7. The molecule has 8 N–H and O–H groups in total. The number of nitro benzene ring substituents is 1. The van der Waals surface area contributed by atoms with Gasteiger partial charge in [0, 0.05) is 42.2 Å². The largest absolute Gasteiger partial charge is 0.508 e. The number of amides is 1. The topological polar surface area (TPSA) is 227 Å². The number of non-ortho nitro benzene ring substituents is 1. The Bertz CT molecular complexity index is 1540. The molecule has 0 saturated heterocycles. The number of nitro groups is 1. The molecule has 12 heteroatoms. The summed E-state index contributed by atoms with van der Waals surface area (Å²) in [6.45, 7) is -0.166. The Morgan fingerprint density at radius 3 is 2.50 bits per heavy atom. The van der Waals surface area contributed by atoms with Crippen LogP contribution in [0.15, 0.2) is 47.2 Å². The van der Waals surface area contributed by atoms with Gasteiger partial charge in [-0.05, 0) is 41.5 Å². The van der Waals surface area contributed by atoms with E-state index in [-0.39, 0.29) is 41.8 Å². The predicted octanol–water partition coefficient (Wildman–Crippen LogP) is 1.46. The van der Waals surface area contributed by atoms with Gasteiger partial charge in [-0.1, -0.05) is 12.1 Å². The molecule has 1 saturated carbocycles. The van der Waals surface area contributed by atoms with Gasteiger partial charge >= 0.3 is 0 Å². The number of fused-ring (bicyclic) bond motifs is 3. The molecule has 0 radical (unpaired) electrons. The number of primary amides is 1. The highest BCUT2D eigenvalue weighted by atomic mass is 16.6. The summed E-state index contributed by atoms with van der Waals surface area (Å²) in [4.78, 5) is 48.7. The Morgan fingerprint density at radius 2 is 1.87 bits per heavy atom. The average Bonchev–Trinajstić information content (AvgIpc) is 2.86. The van der Waals surface area contributed by atoms with Gasteiger partial charge in [0.15, 0.2) is 11.4 Å². The van der Waals surface area contributed by atoms with Crippen LogP contribution in [0.25, 0.3) is 16.9 Å². The monoisotopic (exact) mass is 521 g/mol. The van der Waals surface area contributed by atoms with Crippen molar-refractivity contribution in [2.45, 2.75) is 31.4 Å². The van der Waals surface area contributed by atoms with Crippen molar-refractivity contribution in [3.8, 4) is 16.9 Å². The van der Waals surface area contributed by atoms with E-state index in [1.807, 2.05) is 0 Å². The summed E-state index contributed by atoms with van der Waals surface area (Å²) in [6.07, 6.45) is -0.404. The highest BCUT2D eigenvalue weighted by molar-refractivity contribution is 6.22. The zero-order valence-electron chi connectivity index (χ0n) is 19.8. The lowest BCUT2D eigenvalue weighted by molar-refractivity contribution is -0.384. The molecule has 12 nitrogen and oxygen atoms in total. The minimum atomic E-state index is -2.67. The quantitative estimate of drug-likeness (QED) is 0.193. The second kappa shape index (κ2) is 8.50. The average molecular weight is 521 g/mol. The van der Waals surface area contributed by atoms with Gasteiger partial charge in [-0.25, -0.2) is 0 Å². The van der Waals surface area contributed by atoms with Crippen LogP contribution in [-0.2, 0) is 27.3 Å².